The van der Waals surface area contributed by atoms with E-state index in [0.717, 1.165) is 25.2 Å². The molecule has 0 radical (unpaired) electrons. The Morgan fingerprint density at radius 1 is 1.42 bits per heavy atom. The first-order chi connectivity index (χ1) is 11.7. The van der Waals surface area contributed by atoms with Gasteiger partial charge in [0.1, 0.15) is 11.8 Å². The Kier molecular flexibility index (Phi) is 4.93. The number of H-pyrrole nitrogens is 1. The number of amides is 1. The van der Waals surface area contributed by atoms with Gasteiger partial charge in [-0.25, -0.2) is 9.97 Å². The molecule has 1 saturated heterocycles. The summed E-state index contributed by atoms with van der Waals surface area (Å²) in [7, 11) is 1.98. The van der Waals surface area contributed by atoms with Crippen molar-refractivity contribution in [3.8, 4) is 5.88 Å². The second-order valence-corrected chi connectivity index (χ2v) is 5.86. The molecule has 8 heteroatoms. The molecule has 3 rings (SSSR count). The third-order valence-electron chi connectivity index (χ3n) is 4.01. The second-order valence-electron chi connectivity index (χ2n) is 5.86. The van der Waals surface area contributed by atoms with Crippen molar-refractivity contribution in [2.75, 3.05) is 31.6 Å². The van der Waals surface area contributed by atoms with Crippen LogP contribution in [0.5, 0.6) is 5.88 Å². The smallest absolute Gasteiger partial charge is 0.271 e. The number of carbonyl (C=O) groups is 1. The van der Waals surface area contributed by atoms with Crippen molar-refractivity contribution in [2.45, 2.75) is 25.9 Å². The van der Waals surface area contributed by atoms with Crippen LogP contribution < -0.4 is 9.64 Å². The molecule has 128 valence electrons. The number of aromatic amines is 1. The summed E-state index contributed by atoms with van der Waals surface area (Å²) in [4.78, 5) is 24.8. The summed E-state index contributed by atoms with van der Waals surface area (Å²) in [6.07, 6.45) is 6.57. The van der Waals surface area contributed by atoms with Crippen LogP contribution in [0.2, 0.25) is 0 Å². The van der Waals surface area contributed by atoms with E-state index >= 15 is 0 Å². The van der Waals surface area contributed by atoms with Gasteiger partial charge in [0.2, 0.25) is 0 Å². The van der Waals surface area contributed by atoms with E-state index in [9.17, 15) is 4.79 Å². The number of hydrogen-bond donors (Lipinski definition) is 1. The van der Waals surface area contributed by atoms with Gasteiger partial charge in [0.25, 0.3) is 11.8 Å². The lowest BCUT2D eigenvalue weighted by molar-refractivity contribution is 0.0765. The van der Waals surface area contributed by atoms with Crippen molar-refractivity contribution in [3.05, 3.63) is 30.4 Å². The van der Waals surface area contributed by atoms with Crippen LogP contribution in [0.3, 0.4) is 0 Å². The molecule has 0 spiro atoms. The van der Waals surface area contributed by atoms with Crippen LogP contribution in [0.1, 0.15) is 30.3 Å². The number of nitrogens with zero attached hydrogens (tertiary/aromatic N) is 5. The SMILES string of the molecule is CCCN(C)c1nccnc1OC1CCN(C(=O)c2ccn[nH]2)C1. The van der Waals surface area contributed by atoms with E-state index in [0.29, 0.717) is 24.7 Å². The highest BCUT2D eigenvalue weighted by atomic mass is 16.5. The number of rotatable bonds is 6. The Hall–Kier alpha value is -2.64. The van der Waals surface area contributed by atoms with E-state index in [2.05, 4.69) is 27.1 Å². The molecular formula is C16H22N6O2. The lowest BCUT2D eigenvalue weighted by atomic mass is 10.3. The first-order valence-corrected chi connectivity index (χ1v) is 8.16. The average molecular weight is 330 g/mol. The molecule has 0 aromatic carbocycles. The van der Waals surface area contributed by atoms with E-state index in [1.165, 1.54) is 0 Å². The van der Waals surface area contributed by atoms with Crippen LogP contribution >= 0.6 is 0 Å². The quantitative estimate of drug-likeness (QED) is 0.860. The molecule has 1 amide bonds. The number of likely N-dealkylation sites (tertiary alicyclic amines) is 1. The van der Waals surface area contributed by atoms with Crippen molar-refractivity contribution in [3.63, 3.8) is 0 Å². The first-order valence-electron chi connectivity index (χ1n) is 8.16. The van der Waals surface area contributed by atoms with Crippen LogP contribution in [0.25, 0.3) is 0 Å². The third kappa shape index (κ3) is 3.47. The van der Waals surface area contributed by atoms with E-state index in [4.69, 9.17) is 4.74 Å². The first kappa shape index (κ1) is 16.2. The third-order valence-corrected chi connectivity index (χ3v) is 4.01. The Balaban J connectivity index is 1.65. The highest BCUT2D eigenvalue weighted by Gasteiger charge is 2.30. The minimum Gasteiger partial charge on any atom is -0.470 e. The van der Waals surface area contributed by atoms with Gasteiger partial charge < -0.3 is 14.5 Å². The Morgan fingerprint density at radius 3 is 3.00 bits per heavy atom. The molecule has 1 unspecified atom stereocenters. The minimum atomic E-state index is -0.0812. The molecule has 24 heavy (non-hydrogen) atoms. The lowest BCUT2D eigenvalue weighted by Crippen LogP contribution is -2.31. The largest absolute Gasteiger partial charge is 0.470 e. The summed E-state index contributed by atoms with van der Waals surface area (Å²) in [5, 5.41) is 6.53. The summed E-state index contributed by atoms with van der Waals surface area (Å²) < 4.78 is 6.04. The van der Waals surface area contributed by atoms with Gasteiger partial charge in [0.15, 0.2) is 5.82 Å². The van der Waals surface area contributed by atoms with E-state index < -0.39 is 0 Å². The topological polar surface area (TPSA) is 87.2 Å². The van der Waals surface area contributed by atoms with E-state index in [1.807, 2.05) is 11.9 Å². The summed E-state index contributed by atoms with van der Waals surface area (Å²) in [5.41, 5.74) is 0.499. The fraction of sp³-hybridized carbons (Fsp3) is 0.500. The normalized spacial score (nSPS) is 17.1. The molecule has 1 N–H and O–H groups in total. The Morgan fingerprint density at radius 2 is 2.25 bits per heavy atom. The number of aromatic nitrogens is 4. The summed E-state index contributed by atoms with van der Waals surface area (Å²) >= 11 is 0. The van der Waals surface area contributed by atoms with E-state index in [-0.39, 0.29) is 12.0 Å². The molecule has 2 aromatic rings. The monoisotopic (exact) mass is 330 g/mol. The van der Waals surface area contributed by atoms with Gasteiger partial charge in [-0.05, 0) is 12.5 Å². The van der Waals surface area contributed by atoms with Crippen molar-refractivity contribution < 1.29 is 9.53 Å². The average Bonchev–Trinajstić information content (AvgIpc) is 3.27. The highest BCUT2D eigenvalue weighted by molar-refractivity contribution is 5.92. The van der Waals surface area contributed by atoms with Crippen LogP contribution in [0.15, 0.2) is 24.7 Å². The maximum Gasteiger partial charge on any atom is 0.271 e. The Labute approximate surface area is 140 Å². The molecule has 1 atom stereocenters. The Bertz CT molecular complexity index is 675. The predicted octanol–water partition coefficient (Wildman–Crippen LogP) is 1.34. The van der Waals surface area contributed by atoms with Gasteiger partial charge >= 0.3 is 0 Å². The number of hydrogen-bond acceptors (Lipinski definition) is 6. The molecule has 0 saturated carbocycles. The standard InChI is InChI=1S/C16H22N6O2/c1-3-9-21(2)14-15(18-8-7-17-14)24-12-5-10-22(11-12)16(23)13-4-6-19-20-13/h4,6-8,12H,3,5,9-11H2,1-2H3,(H,19,20). The lowest BCUT2D eigenvalue weighted by Gasteiger charge is -2.21. The molecule has 1 aliphatic rings. The summed E-state index contributed by atoms with van der Waals surface area (Å²) in [5.74, 6) is 1.20. The molecule has 1 aliphatic heterocycles. The van der Waals surface area contributed by atoms with Crippen molar-refractivity contribution in [2.24, 2.45) is 0 Å². The summed E-state index contributed by atoms with van der Waals surface area (Å²) in [6.45, 7) is 4.18. The number of ether oxygens (including phenoxy) is 1. The van der Waals surface area contributed by atoms with Gasteiger partial charge in [-0.3, -0.25) is 9.89 Å². The van der Waals surface area contributed by atoms with Crippen LogP contribution in [-0.2, 0) is 0 Å². The molecule has 8 nitrogen and oxygen atoms in total. The van der Waals surface area contributed by atoms with Crippen molar-refractivity contribution in [1.29, 1.82) is 0 Å². The minimum absolute atomic E-state index is 0.0546. The zero-order chi connectivity index (χ0) is 16.9. The molecule has 2 aromatic heterocycles. The maximum absolute atomic E-state index is 12.3. The van der Waals surface area contributed by atoms with Crippen LogP contribution in [0, 0.1) is 0 Å². The summed E-state index contributed by atoms with van der Waals surface area (Å²) in [6, 6.07) is 1.68. The van der Waals surface area contributed by atoms with Crippen LogP contribution in [0.4, 0.5) is 5.82 Å². The molecule has 0 bridgehead atoms. The maximum atomic E-state index is 12.3. The zero-order valence-electron chi connectivity index (χ0n) is 14.0. The van der Waals surface area contributed by atoms with Crippen molar-refractivity contribution in [1.82, 2.24) is 25.1 Å². The van der Waals surface area contributed by atoms with Crippen molar-refractivity contribution >= 4 is 11.7 Å². The van der Waals surface area contributed by atoms with Gasteiger partial charge in [0.05, 0.1) is 6.54 Å². The van der Waals surface area contributed by atoms with Crippen LogP contribution in [-0.4, -0.2) is 63.8 Å². The second kappa shape index (κ2) is 7.29. The highest BCUT2D eigenvalue weighted by Crippen LogP contribution is 2.25. The fourth-order valence-electron chi connectivity index (χ4n) is 2.82. The predicted molar refractivity (Wildman–Crippen MR) is 89.1 cm³/mol. The molecule has 1 fully saturated rings. The number of nitrogens with one attached hydrogen (secondary N) is 1. The number of carbonyl (C=O) groups excluding carboxylic acids is 1. The molecular weight excluding hydrogens is 308 g/mol. The number of anilines is 1. The van der Waals surface area contributed by atoms with Gasteiger partial charge in [-0.2, -0.15) is 5.10 Å². The fourth-order valence-corrected chi connectivity index (χ4v) is 2.82. The van der Waals surface area contributed by atoms with E-state index in [1.54, 1.807) is 29.6 Å². The van der Waals surface area contributed by atoms with Gasteiger partial charge in [-0.15, -0.1) is 0 Å². The zero-order valence-corrected chi connectivity index (χ0v) is 14.0. The van der Waals surface area contributed by atoms with Gasteiger partial charge in [-0.1, -0.05) is 6.92 Å². The van der Waals surface area contributed by atoms with Gasteiger partial charge in [0, 0.05) is 45.1 Å². The molecule has 0 aliphatic carbocycles. The molecule has 3 heterocycles.